The lowest BCUT2D eigenvalue weighted by Gasteiger charge is -2.07. The molecular weight excluding hydrogens is 345 g/mol. The number of amides is 1. The fourth-order valence-electron chi connectivity index (χ4n) is 1.79. The quantitative estimate of drug-likeness (QED) is 0.873. The number of carbonyl (C=O) groups is 1. The van der Waals surface area contributed by atoms with Crippen molar-refractivity contribution in [3.63, 3.8) is 0 Å². The van der Waals surface area contributed by atoms with Gasteiger partial charge in [0.05, 0.1) is 10.0 Å². The van der Waals surface area contributed by atoms with Crippen molar-refractivity contribution < 1.29 is 9.18 Å². The molecule has 0 saturated carbocycles. The van der Waals surface area contributed by atoms with Gasteiger partial charge in [0.2, 0.25) is 0 Å². The number of carbonyl (C=O) groups excluding carboxylic acids is 1. The minimum absolute atomic E-state index is 0.0328. The molecule has 0 spiro atoms. The van der Waals surface area contributed by atoms with Crippen molar-refractivity contribution in [1.29, 1.82) is 0 Å². The Bertz CT molecular complexity index is 633. The minimum Gasteiger partial charge on any atom is -0.352 e. The molecule has 2 nitrogen and oxygen atoms in total. The Kier molecular flexibility index (Phi) is 5.15. The van der Waals surface area contributed by atoms with E-state index in [1.165, 1.54) is 6.07 Å². The van der Waals surface area contributed by atoms with Gasteiger partial charge < -0.3 is 5.32 Å². The molecule has 1 N–H and O–H groups in total. The molecule has 0 aliphatic heterocycles. The highest BCUT2D eigenvalue weighted by molar-refractivity contribution is 9.10. The van der Waals surface area contributed by atoms with Gasteiger partial charge in [-0.05, 0) is 52.2 Å². The number of rotatable bonds is 4. The molecule has 2 aromatic carbocycles. The maximum absolute atomic E-state index is 13.7. The molecule has 1 amide bonds. The van der Waals surface area contributed by atoms with Crippen LogP contribution in [0.2, 0.25) is 5.02 Å². The van der Waals surface area contributed by atoms with E-state index in [2.05, 4.69) is 21.2 Å². The van der Waals surface area contributed by atoms with E-state index in [0.717, 1.165) is 5.56 Å². The van der Waals surface area contributed by atoms with E-state index < -0.39 is 11.7 Å². The lowest BCUT2D eigenvalue weighted by Crippen LogP contribution is -2.26. The highest BCUT2D eigenvalue weighted by Crippen LogP contribution is 2.18. The third-order valence-electron chi connectivity index (χ3n) is 2.78. The van der Waals surface area contributed by atoms with Gasteiger partial charge in [0, 0.05) is 11.6 Å². The number of benzene rings is 2. The Labute approximate surface area is 130 Å². The van der Waals surface area contributed by atoms with Crippen LogP contribution in [0.3, 0.4) is 0 Å². The number of hydrogen-bond acceptors (Lipinski definition) is 1. The fourth-order valence-corrected chi connectivity index (χ4v) is 2.37. The summed E-state index contributed by atoms with van der Waals surface area (Å²) >= 11 is 8.94. The smallest absolute Gasteiger partial charge is 0.254 e. The summed E-state index contributed by atoms with van der Waals surface area (Å²) in [6.45, 7) is 0.422. The molecular formula is C15H12BrClFNO. The standard InChI is InChI=1S/C15H12BrClFNO/c16-13-6-2-5-12(14(13)18)15(20)19-8-7-10-3-1-4-11(17)9-10/h1-6,9H,7-8H2,(H,19,20). The molecule has 20 heavy (non-hydrogen) atoms. The van der Waals surface area contributed by atoms with E-state index in [0.29, 0.717) is 18.0 Å². The predicted octanol–water partition coefficient (Wildman–Crippen LogP) is 4.21. The average Bonchev–Trinajstić information content (AvgIpc) is 2.42. The highest BCUT2D eigenvalue weighted by Gasteiger charge is 2.13. The van der Waals surface area contributed by atoms with E-state index in [-0.39, 0.29) is 10.0 Å². The minimum atomic E-state index is -0.548. The summed E-state index contributed by atoms with van der Waals surface area (Å²) < 4.78 is 14.0. The number of nitrogens with one attached hydrogen (secondary N) is 1. The Balaban J connectivity index is 1.94. The molecule has 2 rings (SSSR count). The molecule has 0 aromatic heterocycles. The maximum atomic E-state index is 13.7. The van der Waals surface area contributed by atoms with Crippen molar-refractivity contribution >= 4 is 33.4 Å². The van der Waals surface area contributed by atoms with Gasteiger partial charge in [-0.25, -0.2) is 4.39 Å². The molecule has 0 atom stereocenters. The molecule has 0 saturated heterocycles. The van der Waals surface area contributed by atoms with Crippen LogP contribution in [0.5, 0.6) is 0 Å². The van der Waals surface area contributed by atoms with Crippen LogP contribution < -0.4 is 5.32 Å². The Hall–Kier alpha value is -1.39. The van der Waals surface area contributed by atoms with Gasteiger partial charge in [0.25, 0.3) is 5.91 Å². The summed E-state index contributed by atoms with van der Waals surface area (Å²) in [5.41, 5.74) is 1.05. The largest absolute Gasteiger partial charge is 0.352 e. The van der Waals surface area contributed by atoms with Crippen molar-refractivity contribution in [2.24, 2.45) is 0 Å². The van der Waals surface area contributed by atoms with Crippen LogP contribution in [-0.2, 0) is 6.42 Å². The molecule has 5 heteroatoms. The highest BCUT2D eigenvalue weighted by atomic mass is 79.9. The topological polar surface area (TPSA) is 29.1 Å². The van der Waals surface area contributed by atoms with Gasteiger partial charge in [0.15, 0.2) is 0 Å². The van der Waals surface area contributed by atoms with E-state index in [4.69, 9.17) is 11.6 Å². The van der Waals surface area contributed by atoms with E-state index in [9.17, 15) is 9.18 Å². The zero-order valence-corrected chi connectivity index (χ0v) is 12.8. The van der Waals surface area contributed by atoms with Crippen molar-refractivity contribution in [1.82, 2.24) is 5.32 Å². The van der Waals surface area contributed by atoms with Crippen LogP contribution in [0.1, 0.15) is 15.9 Å². The van der Waals surface area contributed by atoms with E-state index in [1.54, 1.807) is 18.2 Å². The van der Waals surface area contributed by atoms with Crippen LogP contribution in [0, 0.1) is 5.82 Å². The molecule has 0 bridgehead atoms. The zero-order valence-electron chi connectivity index (χ0n) is 10.5. The molecule has 0 aliphatic carbocycles. The Morgan fingerprint density at radius 2 is 2.00 bits per heavy atom. The molecule has 0 radical (unpaired) electrons. The summed E-state index contributed by atoms with van der Waals surface area (Å²) in [4.78, 5) is 11.9. The monoisotopic (exact) mass is 355 g/mol. The first-order chi connectivity index (χ1) is 9.58. The molecule has 104 valence electrons. The van der Waals surface area contributed by atoms with Gasteiger partial charge in [-0.1, -0.05) is 29.8 Å². The van der Waals surface area contributed by atoms with Gasteiger partial charge in [-0.3, -0.25) is 4.79 Å². The average molecular weight is 357 g/mol. The van der Waals surface area contributed by atoms with Crippen LogP contribution >= 0.6 is 27.5 Å². The van der Waals surface area contributed by atoms with Crippen molar-refractivity contribution in [3.05, 3.63) is 68.9 Å². The second-order valence-electron chi connectivity index (χ2n) is 4.24. The number of hydrogen-bond donors (Lipinski definition) is 1. The summed E-state index contributed by atoms with van der Waals surface area (Å²) in [5.74, 6) is -0.974. The summed E-state index contributed by atoms with van der Waals surface area (Å²) in [5, 5.41) is 3.35. The Morgan fingerprint density at radius 3 is 2.75 bits per heavy atom. The van der Waals surface area contributed by atoms with Crippen molar-refractivity contribution in [2.45, 2.75) is 6.42 Å². The molecule has 0 heterocycles. The summed E-state index contributed by atoms with van der Waals surface area (Å²) in [6.07, 6.45) is 0.641. The Morgan fingerprint density at radius 1 is 1.25 bits per heavy atom. The van der Waals surface area contributed by atoms with Gasteiger partial charge in [-0.2, -0.15) is 0 Å². The van der Waals surface area contributed by atoms with Crippen LogP contribution in [0.15, 0.2) is 46.9 Å². The second-order valence-corrected chi connectivity index (χ2v) is 5.53. The fraction of sp³-hybridized carbons (Fsp3) is 0.133. The lowest BCUT2D eigenvalue weighted by molar-refractivity contribution is 0.0950. The first-order valence-electron chi connectivity index (χ1n) is 6.04. The second kappa shape index (κ2) is 6.86. The molecule has 0 aliphatic rings. The lowest BCUT2D eigenvalue weighted by atomic mass is 10.1. The van der Waals surface area contributed by atoms with Gasteiger partial charge >= 0.3 is 0 Å². The molecule has 0 unspecified atom stereocenters. The summed E-state index contributed by atoms with van der Waals surface area (Å²) in [7, 11) is 0. The van der Waals surface area contributed by atoms with E-state index in [1.807, 2.05) is 18.2 Å². The van der Waals surface area contributed by atoms with Crippen LogP contribution in [0.4, 0.5) is 4.39 Å². The first-order valence-corrected chi connectivity index (χ1v) is 7.21. The molecule has 0 fully saturated rings. The molecule has 2 aromatic rings. The predicted molar refractivity (Wildman–Crippen MR) is 81.6 cm³/mol. The van der Waals surface area contributed by atoms with Gasteiger partial charge in [-0.15, -0.1) is 0 Å². The maximum Gasteiger partial charge on any atom is 0.254 e. The zero-order chi connectivity index (χ0) is 14.5. The van der Waals surface area contributed by atoms with Crippen molar-refractivity contribution in [2.75, 3.05) is 6.54 Å². The number of halogens is 3. The van der Waals surface area contributed by atoms with Crippen LogP contribution in [0.25, 0.3) is 0 Å². The summed E-state index contributed by atoms with van der Waals surface area (Å²) in [6, 6.07) is 12.0. The third kappa shape index (κ3) is 3.81. The third-order valence-corrected chi connectivity index (χ3v) is 3.63. The van der Waals surface area contributed by atoms with E-state index >= 15 is 0 Å². The normalized spacial score (nSPS) is 10.3. The first kappa shape index (κ1) is 15.0. The van der Waals surface area contributed by atoms with Gasteiger partial charge in [0.1, 0.15) is 5.82 Å². The SMILES string of the molecule is O=C(NCCc1cccc(Cl)c1)c1cccc(Br)c1F. The van der Waals surface area contributed by atoms with Crippen LogP contribution in [-0.4, -0.2) is 12.5 Å². The van der Waals surface area contributed by atoms with Crippen molar-refractivity contribution in [3.8, 4) is 0 Å².